The summed E-state index contributed by atoms with van der Waals surface area (Å²) < 4.78 is 7.59. The zero-order valence-electron chi connectivity index (χ0n) is 15.6. The number of hydrogen-bond donors (Lipinski definition) is 0. The number of morpholine rings is 1. The van der Waals surface area contributed by atoms with E-state index in [4.69, 9.17) is 4.74 Å². The monoisotopic (exact) mass is 365 g/mol. The van der Waals surface area contributed by atoms with E-state index in [1.807, 2.05) is 49.1 Å². The van der Waals surface area contributed by atoms with Crippen molar-refractivity contribution in [3.8, 4) is 0 Å². The first-order valence-electron chi connectivity index (χ1n) is 9.23. The van der Waals surface area contributed by atoms with E-state index >= 15 is 0 Å². The van der Waals surface area contributed by atoms with Crippen molar-refractivity contribution in [1.29, 1.82) is 0 Å². The van der Waals surface area contributed by atoms with Crippen LogP contribution in [0.1, 0.15) is 35.0 Å². The number of fused-ring (bicyclic) bond motifs is 1. The van der Waals surface area contributed by atoms with Gasteiger partial charge in [0, 0.05) is 24.4 Å². The molecule has 140 valence electrons. The third-order valence-electron chi connectivity index (χ3n) is 5.17. The van der Waals surface area contributed by atoms with Crippen LogP contribution in [0.3, 0.4) is 0 Å². The van der Waals surface area contributed by atoms with E-state index in [-0.39, 0.29) is 12.0 Å². The maximum absolute atomic E-state index is 12.8. The number of amides is 1. The molecule has 4 rings (SSSR count). The smallest absolute Gasteiger partial charge is 0.252 e. The van der Waals surface area contributed by atoms with Gasteiger partial charge < -0.3 is 9.64 Å². The topological polar surface area (TPSA) is 72.6 Å². The number of benzene rings is 1. The summed E-state index contributed by atoms with van der Waals surface area (Å²) in [6, 6.07) is 10.1. The quantitative estimate of drug-likeness (QED) is 0.709. The Kier molecular flexibility index (Phi) is 4.85. The molecule has 0 unspecified atom stereocenters. The normalized spacial score (nSPS) is 17.4. The fraction of sp³-hybridized carbons (Fsp3) is 0.400. The molecule has 1 aliphatic rings. The molecule has 0 aliphatic carbocycles. The first kappa shape index (κ1) is 17.6. The van der Waals surface area contributed by atoms with Crippen LogP contribution in [0.15, 0.2) is 36.7 Å². The Hall–Kier alpha value is -2.80. The van der Waals surface area contributed by atoms with Crippen molar-refractivity contribution in [2.75, 3.05) is 19.7 Å². The van der Waals surface area contributed by atoms with Gasteiger partial charge in [0.25, 0.3) is 5.78 Å². The van der Waals surface area contributed by atoms with E-state index in [2.05, 4.69) is 15.1 Å². The summed E-state index contributed by atoms with van der Waals surface area (Å²) in [5.41, 5.74) is 4.08. The number of carbonyl (C=O) groups is 1. The van der Waals surface area contributed by atoms with Crippen LogP contribution >= 0.6 is 0 Å². The first-order chi connectivity index (χ1) is 13.1. The molecule has 1 aliphatic heterocycles. The maximum Gasteiger partial charge on any atom is 0.252 e. The van der Waals surface area contributed by atoms with Crippen molar-refractivity contribution in [3.05, 3.63) is 59.2 Å². The number of carbonyl (C=O) groups excluding carboxylic acids is 1. The molecule has 0 saturated carbocycles. The van der Waals surface area contributed by atoms with Gasteiger partial charge in [-0.1, -0.05) is 30.3 Å². The van der Waals surface area contributed by atoms with Crippen molar-refractivity contribution in [2.45, 2.75) is 32.8 Å². The van der Waals surface area contributed by atoms with Gasteiger partial charge in [-0.25, -0.2) is 9.50 Å². The Balaban J connectivity index is 1.44. The van der Waals surface area contributed by atoms with Gasteiger partial charge in [-0.15, -0.1) is 0 Å². The highest BCUT2D eigenvalue weighted by Gasteiger charge is 2.25. The van der Waals surface area contributed by atoms with Gasteiger partial charge in [0.05, 0.1) is 13.2 Å². The highest BCUT2D eigenvalue weighted by Crippen LogP contribution is 2.23. The van der Waals surface area contributed by atoms with Crippen LogP contribution in [0.5, 0.6) is 0 Å². The summed E-state index contributed by atoms with van der Waals surface area (Å²) in [5.74, 6) is 0.746. The summed E-state index contributed by atoms with van der Waals surface area (Å²) in [6.07, 6.45) is 2.54. The lowest BCUT2D eigenvalue weighted by Crippen LogP contribution is -2.42. The number of nitrogens with zero attached hydrogens (tertiary/aromatic N) is 5. The van der Waals surface area contributed by atoms with Crippen LogP contribution < -0.4 is 0 Å². The van der Waals surface area contributed by atoms with Gasteiger partial charge in [0.15, 0.2) is 0 Å². The zero-order valence-corrected chi connectivity index (χ0v) is 15.6. The molecule has 1 atom stereocenters. The highest BCUT2D eigenvalue weighted by atomic mass is 16.5. The van der Waals surface area contributed by atoms with E-state index in [0.717, 1.165) is 22.5 Å². The number of rotatable bonds is 4. The predicted octanol–water partition coefficient (Wildman–Crippen LogP) is 2.27. The minimum absolute atomic E-state index is 0.0551. The Morgan fingerprint density at radius 2 is 2.07 bits per heavy atom. The summed E-state index contributed by atoms with van der Waals surface area (Å²) in [6.45, 7) is 5.76. The largest absolute Gasteiger partial charge is 0.370 e. The number of hydrogen-bond acceptors (Lipinski definition) is 5. The Morgan fingerprint density at radius 3 is 2.89 bits per heavy atom. The molecule has 0 bridgehead atoms. The fourth-order valence-electron chi connectivity index (χ4n) is 3.65. The molecule has 27 heavy (non-hydrogen) atoms. The molecule has 3 heterocycles. The van der Waals surface area contributed by atoms with Crippen LogP contribution in [-0.4, -0.2) is 50.1 Å². The average Bonchev–Trinajstić information content (AvgIpc) is 3.17. The summed E-state index contributed by atoms with van der Waals surface area (Å²) in [4.78, 5) is 23.3. The molecule has 2 aromatic heterocycles. The molecule has 0 radical (unpaired) electrons. The third kappa shape index (κ3) is 3.55. The second kappa shape index (κ2) is 7.44. The lowest BCUT2D eigenvalue weighted by atomic mass is 10.0. The van der Waals surface area contributed by atoms with Crippen molar-refractivity contribution < 1.29 is 9.53 Å². The Morgan fingerprint density at radius 1 is 1.26 bits per heavy atom. The van der Waals surface area contributed by atoms with Crippen molar-refractivity contribution in [2.24, 2.45) is 0 Å². The van der Waals surface area contributed by atoms with Gasteiger partial charge in [-0.05, 0) is 31.4 Å². The van der Waals surface area contributed by atoms with Crippen molar-refractivity contribution in [3.63, 3.8) is 0 Å². The summed E-state index contributed by atoms with van der Waals surface area (Å²) in [7, 11) is 0. The summed E-state index contributed by atoms with van der Waals surface area (Å²) in [5, 5.41) is 4.21. The molecule has 1 aromatic carbocycles. The Bertz CT molecular complexity index is 954. The van der Waals surface area contributed by atoms with Crippen LogP contribution in [0.4, 0.5) is 0 Å². The fourth-order valence-corrected chi connectivity index (χ4v) is 3.65. The molecule has 7 heteroatoms. The van der Waals surface area contributed by atoms with Crippen LogP contribution in [0.25, 0.3) is 5.78 Å². The van der Waals surface area contributed by atoms with E-state index in [1.165, 1.54) is 6.33 Å². The first-order valence-corrected chi connectivity index (χ1v) is 9.23. The molecule has 0 N–H and O–H groups in total. The SMILES string of the molecule is Cc1nc2ncnn2c(C)c1CCC(=O)N1CCO[C@@H](c2ccccc2)C1. The molecule has 1 saturated heterocycles. The number of aryl methyl sites for hydroxylation is 2. The lowest BCUT2D eigenvalue weighted by molar-refractivity contribution is -0.139. The predicted molar refractivity (Wildman–Crippen MR) is 100 cm³/mol. The zero-order chi connectivity index (χ0) is 18.8. The van der Waals surface area contributed by atoms with Gasteiger partial charge in [0.2, 0.25) is 5.91 Å². The average molecular weight is 365 g/mol. The van der Waals surface area contributed by atoms with Crippen molar-refractivity contribution in [1.82, 2.24) is 24.5 Å². The van der Waals surface area contributed by atoms with Crippen LogP contribution in [0.2, 0.25) is 0 Å². The van der Waals surface area contributed by atoms with E-state index in [1.54, 1.807) is 4.52 Å². The molecule has 1 fully saturated rings. The molecular weight excluding hydrogens is 342 g/mol. The van der Waals surface area contributed by atoms with E-state index in [0.29, 0.717) is 38.3 Å². The second-order valence-electron chi connectivity index (χ2n) is 6.84. The van der Waals surface area contributed by atoms with Gasteiger partial charge in [0.1, 0.15) is 12.4 Å². The van der Waals surface area contributed by atoms with Crippen molar-refractivity contribution >= 4 is 11.7 Å². The van der Waals surface area contributed by atoms with Gasteiger partial charge in [-0.3, -0.25) is 4.79 Å². The van der Waals surface area contributed by atoms with E-state index < -0.39 is 0 Å². The maximum atomic E-state index is 12.8. The minimum atomic E-state index is -0.0551. The van der Waals surface area contributed by atoms with Crippen LogP contribution in [-0.2, 0) is 16.0 Å². The minimum Gasteiger partial charge on any atom is -0.370 e. The van der Waals surface area contributed by atoms with Gasteiger partial charge in [-0.2, -0.15) is 10.1 Å². The highest BCUT2D eigenvalue weighted by molar-refractivity contribution is 5.76. The number of ether oxygens (including phenoxy) is 1. The van der Waals surface area contributed by atoms with E-state index in [9.17, 15) is 4.79 Å². The van der Waals surface area contributed by atoms with Gasteiger partial charge >= 0.3 is 0 Å². The molecular formula is C20H23N5O2. The molecule has 1 amide bonds. The third-order valence-corrected chi connectivity index (χ3v) is 5.17. The van der Waals surface area contributed by atoms with Crippen LogP contribution in [0, 0.1) is 13.8 Å². The second-order valence-corrected chi connectivity index (χ2v) is 6.84. The standard InChI is InChI=1S/C20H23N5O2/c1-14-17(15(2)25-20(23-14)21-13-22-25)8-9-19(26)24-10-11-27-18(12-24)16-6-4-3-5-7-16/h3-7,13,18H,8-12H2,1-2H3/t18-/m1/s1. The lowest BCUT2D eigenvalue weighted by Gasteiger charge is -2.33. The Labute approximate surface area is 158 Å². The molecule has 3 aromatic rings. The molecule has 0 spiro atoms. The molecule has 7 nitrogen and oxygen atoms in total. The number of aromatic nitrogens is 4. The summed E-state index contributed by atoms with van der Waals surface area (Å²) >= 11 is 0.